The van der Waals surface area contributed by atoms with E-state index in [9.17, 15) is 4.79 Å². The third kappa shape index (κ3) is 2.42. The molecule has 0 aromatic heterocycles. The lowest BCUT2D eigenvalue weighted by Gasteiger charge is -2.57. The number of carbonyl (C=O) groups excluding carboxylic acids is 1. The molecule has 5 rings (SSSR count). The quantitative estimate of drug-likeness (QED) is 0.868. The molecule has 1 amide bonds. The standard InChI is InChI=1S/C18H29NO2/c20-5-3-13-2-1-4-19(12-13)17(21)18-9-14-6-15(10-18)8-16(7-14)11-18/h13-16,20H,1-12H2. The Balaban J connectivity index is 1.49. The molecule has 1 heterocycles. The highest BCUT2D eigenvalue weighted by atomic mass is 16.3. The first kappa shape index (κ1) is 14.0. The number of aliphatic hydroxyl groups is 1. The molecule has 4 saturated carbocycles. The van der Waals surface area contributed by atoms with Crippen molar-refractivity contribution in [3.05, 3.63) is 0 Å². The van der Waals surface area contributed by atoms with Crippen molar-refractivity contribution >= 4 is 5.91 Å². The van der Waals surface area contributed by atoms with Gasteiger partial charge in [-0.1, -0.05) is 0 Å². The van der Waals surface area contributed by atoms with Crippen LogP contribution >= 0.6 is 0 Å². The number of hydrogen-bond donors (Lipinski definition) is 1. The molecule has 1 unspecified atom stereocenters. The molecular weight excluding hydrogens is 262 g/mol. The molecule has 5 aliphatic rings. The number of carbonyl (C=O) groups is 1. The van der Waals surface area contributed by atoms with Crippen molar-refractivity contribution in [2.24, 2.45) is 29.1 Å². The Bertz CT molecular complexity index is 382. The summed E-state index contributed by atoms with van der Waals surface area (Å²) in [6.07, 6.45) is 10.9. The number of amides is 1. The van der Waals surface area contributed by atoms with E-state index in [1.165, 1.54) is 44.9 Å². The summed E-state index contributed by atoms with van der Waals surface area (Å²) in [6, 6.07) is 0. The Hall–Kier alpha value is -0.570. The zero-order chi connectivity index (χ0) is 14.4. The second-order valence-electron chi connectivity index (χ2n) is 8.47. The van der Waals surface area contributed by atoms with Gasteiger partial charge in [-0.25, -0.2) is 0 Å². The van der Waals surface area contributed by atoms with Crippen LogP contribution in [-0.2, 0) is 4.79 Å². The Morgan fingerprint density at radius 1 is 1.10 bits per heavy atom. The van der Waals surface area contributed by atoms with E-state index in [-0.39, 0.29) is 12.0 Å². The number of nitrogens with zero attached hydrogens (tertiary/aromatic N) is 1. The smallest absolute Gasteiger partial charge is 0.228 e. The van der Waals surface area contributed by atoms with Gasteiger partial charge in [-0.2, -0.15) is 0 Å². The van der Waals surface area contributed by atoms with E-state index in [1.54, 1.807) is 0 Å². The maximum Gasteiger partial charge on any atom is 0.228 e. The first-order chi connectivity index (χ1) is 10.2. The minimum atomic E-state index is 0.0237. The highest BCUT2D eigenvalue weighted by molar-refractivity contribution is 5.83. The summed E-state index contributed by atoms with van der Waals surface area (Å²) < 4.78 is 0. The zero-order valence-corrected chi connectivity index (χ0v) is 13.1. The molecule has 1 aliphatic heterocycles. The molecule has 1 N–H and O–H groups in total. The van der Waals surface area contributed by atoms with E-state index in [4.69, 9.17) is 5.11 Å². The lowest BCUT2D eigenvalue weighted by Crippen LogP contribution is -2.56. The second-order valence-corrected chi connectivity index (χ2v) is 8.47. The normalized spacial score (nSPS) is 45.1. The average molecular weight is 291 g/mol. The summed E-state index contributed by atoms with van der Waals surface area (Å²) in [6.45, 7) is 2.13. The first-order valence-electron chi connectivity index (χ1n) is 9.09. The molecule has 1 atom stereocenters. The van der Waals surface area contributed by atoms with Crippen molar-refractivity contribution in [3.63, 3.8) is 0 Å². The van der Waals surface area contributed by atoms with Crippen molar-refractivity contribution in [1.82, 2.24) is 4.90 Å². The largest absolute Gasteiger partial charge is 0.396 e. The van der Waals surface area contributed by atoms with Gasteiger partial charge in [0.2, 0.25) is 5.91 Å². The van der Waals surface area contributed by atoms with E-state index in [0.29, 0.717) is 11.8 Å². The van der Waals surface area contributed by atoms with Crippen LogP contribution in [0.4, 0.5) is 0 Å². The van der Waals surface area contributed by atoms with Crippen molar-refractivity contribution in [3.8, 4) is 0 Å². The highest BCUT2D eigenvalue weighted by Crippen LogP contribution is 2.60. The molecule has 3 nitrogen and oxygen atoms in total. The van der Waals surface area contributed by atoms with Crippen LogP contribution in [0.5, 0.6) is 0 Å². The van der Waals surface area contributed by atoms with Gasteiger partial charge in [-0.3, -0.25) is 4.79 Å². The fourth-order valence-corrected chi connectivity index (χ4v) is 6.38. The van der Waals surface area contributed by atoms with Gasteiger partial charge in [0.05, 0.1) is 5.41 Å². The van der Waals surface area contributed by atoms with Crippen LogP contribution < -0.4 is 0 Å². The van der Waals surface area contributed by atoms with Gasteiger partial charge < -0.3 is 10.0 Å². The van der Waals surface area contributed by atoms with Crippen LogP contribution in [0, 0.1) is 29.1 Å². The Morgan fingerprint density at radius 3 is 2.29 bits per heavy atom. The Morgan fingerprint density at radius 2 is 1.71 bits per heavy atom. The van der Waals surface area contributed by atoms with Crippen LogP contribution in [0.3, 0.4) is 0 Å². The molecule has 4 bridgehead atoms. The van der Waals surface area contributed by atoms with E-state index < -0.39 is 0 Å². The van der Waals surface area contributed by atoms with Crippen LogP contribution in [0.15, 0.2) is 0 Å². The third-order valence-electron chi connectivity index (χ3n) is 6.84. The van der Waals surface area contributed by atoms with Crippen molar-refractivity contribution in [2.75, 3.05) is 19.7 Å². The summed E-state index contributed by atoms with van der Waals surface area (Å²) in [5.41, 5.74) is 0.0237. The van der Waals surface area contributed by atoms with Crippen molar-refractivity contribution < 1.29 is 9.90 Å². The molecule has 4 aliphatic carbocycles. The molecule has 5 fully saturated rings. The summed E-state index contributed by atoms with van der Waals surface area (Å²) in [4.78, 5) is 15.4. The SMILES string of the molecule is O=C(N1CCCC(CCO)C1)C12CC3CC(CC(C3)C1)C2. The molecule has 118 valence electrons. The minimum absolute atomic E-state index is 0.0237. The lowest BCUT2D eigenvalue weighted by molar-refractivity contribution is -0.159. The van der Waals surface area contributed by atoms with Crippen LogP contribution in [0.1, 0.15) is 57.8 Å². The molecule has 1 saturated heterocycles. The zero-order valence-electron chi connectivity index (χ0n) is 13.1. The summed E-state index contributed by atoms with van der Waals surface area (Å²) in [5, 5.41) is 9.17. The molecule has 21 heavy (non-hydrogen) atoms. The second kappa shape index (κ2) is 5.26. The minimum Gasteiger partial charge on any atom is -0.396 e. The third-order valence-corrected chi connectivity index (χ3v) is 6.84. The highest BCUT2D eigenvalue weighted by Gasteiger charge is 2.55. The van der Waals surface area contributed by atoms with E-state index >= 15 is 0 Å². The lowest BCUT2D eigenvalue weighted by atomic mass is 9.49. The van der Waals surface area contributed by atoms with Gasteiger partial charge in [-0.05, 0) is 81.5 Å². The predicted molar refractivity (Wildman–Crippen MR) is 81.6 cm³/mol. The first-order valence-corrected chi connectivity index (χ1v) is 9.09. The summed E-state index contributed by atoms with van der Waals surface area (Å²) in [5.74, 6) is 3.56. The molecule has 0 spiro atoms. The monoisotopic (exact) mass is 291 g/mol. The summed E-state index contributed by atoms with van der Waals surface area (Å²) in [7, 11) is 0. The predicted octanol–water partition coefficient (Wildman–Crippen LogP) is 2.82. The van der Waals surface area contributed by atoms with E-state index in [2.05, 4.69) is 4.90 Å². The topological polar surface area (TPSA) is 40.5 Å². The van der Waals surface area contributed by atoms with Crippen molar-refractivity contribution in [1.29, 1.82) is 0 Å². The number of hydrogen-bond acceptors (Lipinski definition) is 2. The van der Waals surface area contributed by atoms with Gasteiger partial charge in [0.25, 0.3) is 0 Å². The van der Waals surface area contributed by atoms with Crippen LogP contribution in [0.2, 0.25) is 0 Å². The molecule has 0 aromatic rings. The number of likely N-dealkylation sites (tertiary alicyclic amines) is 1. The van der Waals surface area contributed by atoms with E-state index in [0.717, 1.165) is 43.7 Å². The number of aliphatic hydroxyl groups excluding tert-OH is 1. The van der Waals surface area contributed by atoms with Gasteiger partial charge in [0, 0.05) is 19.7 Å². The maximum absolute atomic E-state index is 13.3. The average Bonchev–Trinajstić information content (AvgIpc) is 2.46. The van der Waals surface area contributed by atoms with Gasteiger partial charge in [-0.15, -0.1) is 0 Å². The van der Waals surface area contributed by atoms with Gasteiger partial charge in [0.15, 0.2) is 0 Å². The summed E-state index contributed by atoms with van der Waals surface area (Å²) >= 11 is 0. The van der Waals surface area contributed by atoms with Crippen LogP contribution in [0.25, 0.3) is 0 Å². The molecule has 3 heteroatoms. The molecular formula is C18H29NO2. The van der Waals surface area contributed by atoms with Gasteiger partial charge >= 0.3 is 0 Å². The molecule has 0 aromatic carbocycles. The number of piperidine rings is 1. The fraction of sp³-hybridized carbons (Fsp3) is 0.944. The van der Waals surface area contributed by atoms with Gasteiger partial charge in [0.1, 0.15) is 0 Å². The van der Waals surface area contributed by atoms with Crippen LogP contribution in [-0.4, -0.2) is 35.6 Å². The Labute approximate surface area is 128 Å². The number of rotatable bonds is 3. The molecule has 0 radical (unpaired) electrons. The fourth-order valence-electron chi connectivity index (χ4n) is 6.38. The van der Waals surface area contributed by atoms with E-state index in [1.807, 2.05) is 0 Å². The Kier molecular flexibility index (Phi) is 3.52. The maximum atomic E-state index is 13.3. The van der Waals surface area contributed by atoms with Crippen molar-refractivity contribution in [2.45, 2.75) is 57.8 Å².